The van der Waals surface area contributed by atoms with Gasteiger partial charge in [-0.05, 0) is 57.2 Å². The average Bonchev–Trinajstić information content (AvgIpc) is 3.15. The molecule has 0 bridgehead atoms. The van der Waals surface area contributed by atoms with Gasteiger partial charge < -0.3 is 14.8 Å². The number of rotatable bonds is 7. The Morgan fingerprint density at radius 3 is 2.26 bits per heavy atom. The molecule has 8 nitrogen and oxygen atoms in total. The van der Waals surface area contributed by atoms with Crippen LogP contribution in [0.1, 0.15) is 38.9 Å². The molecule has 3 aromatic rings. The van der Waals surface area contributed by atoms with E-state index in [2.05, 4.69) is 10.4 Å². The summed E-state index contributed by atoms with van der Waals surface area (Å²) in [6.45, 7) is 5.33. The number of anilines is 1. The Bertz CT molecular complexity index is 1090. The van der Waals surface area contributed by atoms with Crippen LogP contribution in [-0.2, 0) is 14.3 Å². The second kappa shape index (κ2) is 9.71. The number of carbonyl (C=O) groups excluding carboxylic acids is 3. The fraction of sp³-hybridized carbons (Fsp3) is 0.217. The fourth-order valence-corrected chi connectivity index (χ4v) is 2.87. The molecule has 1 amide bonds. The Balaban J connectivity index is 1.59. The van der Waals surface area contributed by atoms with Gasteiger partial charge in [0.05, 0.1) is 29.7 Å². The number of nitrogens with zero attached hydrogens (tertiary/aromatic N) is 2. The SMILES string of the molecule is CCOC(=O)c1cnn(-c2ccc(C(=O)OCC(=O)Nc3ccc(C)cc3)cc2)c1C. The molecule has 0 aliphatic rings. The predicted octanol–water partition coefficient (Wildman–Crippen LogP) is 3.46. The van der Waals surface area contributed by atoms with Gasteiger partial charge in [-0.1, -0.05) is 17.7 Å². The van der Waals surface area contributed by atoms with Crippen LogP contribution in [0.2, 0.25) is 0 Å². The number of esters is 2. The zero-order valence-corrected chi connectivity index (χ0v) is 17.5. The van der Waals surface area contributed by atoms with Crippen LogP contribution >= 0.6 is 0 Å². The number of hydrogen-bond donors (Lipinski definition) is 1. The van der Waals surface area contributed by atoms with Crippen LogP contribution < -0.4 is 5.32 Å². The lowest BCUT2D eigenvalue weighted by Crippen LogP contribution is -2.20. The van der Waals surface area contributed by atoms with E-state index in [4.69, 9.17) is 9.47 Å². The van der Waals surface area contributed by atoms with Crippen LogP contribution in [0.5, 0.6) is 0 Å². The molecule has 0 fully saturated rings. The van der Waals surface area contributed by atoms with Crippen molar-refractivity contribution in [2.45, 2.75) is 20.8 Å². The Labute approximate surface area is 179 Å². The zero-order valence-electron chi connectivity index (χ0n) is 17.5. The molecule has 0 atom stereocenters. The van der Waals surface area contributed by atoms with Crippen molar-refractivity contribution in [3.05, 3.63) is 77.1 Å². The molecule has 2 aromatic carbocycles. The van der Waals surface area contributed by atoms with Gasteiger partial charge in [0, 0.05) is 5.69 Å². The van der Waals surface area contributed by atoms with Gasteiger partial charge in [0.15, 0.2) is 6.61 Å². The number of amides is 1. The average molecular weight is 421 g/mol. The molecule has 0 saturated carbocycles. The van der Waals surface area contributed by atoms with E-state index < -0.39 is 24.5 Å². The van der Waals surface area contributed by atoms with E-state index >= 15 is 0 Å². The third-order valence-corrected chi connectivity index (χ3v) is 4.52. The minimum atomic E-state index is -0.616. The van der Waals surface area contributed by atoms with Crippen molar-refractivity contribution in [3.8, 4) is 5.69 Å². The normalized spacial score (nSPS) is 10.4. The van der Waals surface area contributed by atoms with Gasteiger partial charge in [0.1, 0.15) is 5.56 Å². The summed E-state index contributed by atoms with van der Waals surface area (Å²) in [6, 6.07) is 13.8. The maximum atomic E-state index is 12.2. The quantitative estimate of drug-likeness (QED) is 0.587. The van der Waals surface area contributed by atoms with Gasteiger partial charge >= 0.3 is 11.9 Å². The smallest absolute Gasteiger partial charge is 0.341 e. The van der Waals surface area contributed by atoms with Gasteiger partial charge in [-0.3, -0.25) is 4.79 Å². The number of hydrogen-bond acceptors (Lipinski definition) is 6. The van der Waals surface area contributed by atoms with Crippen molar-refractivity contribution in [2.24, 2.45) is 0 Å². The first-order chi connectivity index (χ1) is 14.9. The Morgan fingerprint density at radius 2 is 1.61 bits per heavy atom. The summed E-state index contributed by atoms with van der Waals surface area (Å²) in [6.07, 6.45) is 1.45. The monoisotopic (exact) mass is 421 g/mol. The van der Waals surface area contributed by atoms with Gasteiger partial charge in [0.2, 0.25) is 0 Å². The third kappa shape index (κ3) is 5.36. The molecule has 3 rings (SSSR count). The first-order valence-electron chi connectivity index (χ1n) is 9.75. The molecule has 0 unspecified atom stereocenters. The van der Waals surface area contributed by atoms with Crippen LogP contribution in [0.3, 0.4) is 0 Å². The first-order valence-corrected chi connectivity index (χ1v) is 9.75. The molecular weight excluding hydrogens is 398 g/mol. The van der Waals surface area contributed by atoms with Crippen LogP contribution in [-0.4, -0.2) is 40.8 Å². The molecule has 0 spiro atoms. The second-order valence-corrected chi connectivity index (χ2v) is 6.81. The highest BCUT2D eigenvalue weighted by atomic mass is 16.5. The van der Waals surface area contributed by atoms with Gasteiger partial charge in [-0.25, -0.2) is 14.3 Å². The van der Waals surface area contributed by atoms with E-state index in [0.717, 1.165) is 5.56 Å². The molecule has 0 saturated heterocycles. The van der Waals surface area contributed by atoms with Crippen molar-refractivity contribution in [2.75, 3.05) is 18.5 Å². The van der Waals surface area contributed by atoms with E-state index in [1.54, 1.807) is 54.9 Å². The summed E-state index contributed by atoms with van der Waals surface area (Å²) in [4.78, 5) is 36.2. The molecule has 31 heavy (non-hydrogen) atoms. The van der Waals surface area contributed by atoms with E-state index in [9.17, 15) is 14.4 Å². The van der Waals surface area contributed by atoms with E-state index in [1.807, 2.05) is 19.1 Å². The summed E-state index contributed by atoms with van der Waals surface area (Å²) < 4.78 is 11.7. The first kappa shape index (κ1) is 21.8. The summed E-state index contributed by atoms with van der Waals surface area (Å²) in [5.41, 5.74) is 3.68. The summed E-state index contributed by atoms with van der Waals surface area (Å²) >= 11 is 0. The number of aryl methyl sites for hydroxylation is 1. The lowest BCUT2D eigenvalue weighted by Gasteiger charge is -2.08. The predicted molar refractivity (Wildman–Crippen MR) is 114 cm³/mol. The minimum Gasteiger partial charge on any atom is -0.462 e. The Morgan fingerprint density at radius 1 is 0.935 bits per heavy atom. The molecule has 160 valence electrons. The number of aromatic nitrogens is 2. The molecule has 1 heterocycles. The summed E-state index contributed by atoms with van der Waals surface area (Å²) in [5, 5.41) is 6.88. The van der Waals surface area contributed by atoms with Crippen molar-refractivity contribution < 1.29 is 23.9 Å². The topological polar surface area (TPSA) is 99.5 Å². The highest BCUT2D eigenvalue weighted by Gasteiger charge is 2.17. The van der Waals surface area contributed by atoms with Crippen molar-refractivity contribution >= 4 is 23.5 Å². The number of carbonyl (C=O) groups is 3. The number of benzene rings is 2. The summed E-state index contributed by atoms with van der Waals surface area (Å²) in [7, 11) is 0. The lowest BCUT2D eigenvalue weighted by atomic mass is 10.2. The van der Waals surface area contributed by atoms with Gasteiger partial charge in [0.25, 0.3) is 5.91 Å². The van der Waals surface area contributed by atoms with E-state index in [-0.39, 0.29) is 6.61 Å². The molecular formula is C23H23N3O5. The van der Waals surface area contributed by atoms with Crippen LogP contribution in [0.25, 0.3) is 5.69 Å². The standard InChI is InChI=1S/C23H23N3O5/c1-4-30-23(29)20-13-24-26(16(20)3)19-11-7-17(8-12-19)22(28)31-14-21(27)25-18-9-5-15(2)6-10-18/h5-13H,4,14H2,1-3H3,(H,25,27). The minimum absolute atomic E-state index is 0.281. The maximum absolute atomic E-state index is 12.2. The molecule has 8 heteroatoms. The van der Waals surface area contributed by atoms with Crippen LogP contribution in [0, 0.1) is 13.8 Å². The Kier molecular flexibility index (Phi) is 6.81. The van der Waals surface area contributed by atoms with Gasteiger partial charge in [-0.15, -0.1) is 0 Å². The number of ether oxygens (including phenoxy) is 2. The highest BCUT2D eigenvalue weighted by molar-refractivity contribution is 5.95. The molecule has 0 radical (unpaired) electrons. The summed E-state index contributed by atoms with van der Waals surface area (Å²) in [5.74, 6) is -1.47. The highest BCUT2D eigenvalue weighted by Crippen LogP contribution is 2.16. The van der Waals surface area contributed by atoms with E-state index in [1.165, 1.54) is 6.20 Å². The lowest BCUT2D eigenvalue weighted by molar-refractivity contribution is -0.119. The third-order valence-electron chi connectivity index (χ3n) is 4.52. The zero-order chi connectivity index (χ0) is 22.4. The maximum Gasteiger partial charge on any atom is 0.341 e. The van der Waals surface area contributed by atoms with Crippen LogP contribution in [0.15, 0.2) is 54.7 Å². The van der Waals surface area contributed by atoms with Crippen molar-refractivity contribution in [3.63, 3.8) is 0 Å². The Hall–Kier alpha value is -3.94. The second-order valence-electron chi connectivity index (χ2n) is 6.81. The molecule has 1 N–H and O–H groups in total. The van der Waals surface area contributed by atoms with Crippen molar-refractivity contribution in [1.82, 2.24) is 9.78 Å². The largest absolute Gasteiger partial charge is 0.462 e. The molecule has 1 aromatic heterocycles. The number of nitrogens with one attached hydrogen (secondary N) is 1. The van der Waals surface area contributed by atoms with Crippen molar-refractivity contribution in [1.29, 1.82) is 0 Å². The van der Waals surface area contributed by atoms with Gasteiger partial charge in [-0.2, -0.15) is 5.10 Å². The molecule has 0 aliphatic carbocycles. The van der Waals surface area contributed by atoms with E-state index in [0.29, 0.717) is 28.2 Å². The van der Waals surface area contributed by atoms with Crippen LogP contribution in [0.4, 0.5) is 5.69 Å². The fourth-order valence-electron chi connectivity index (χ4n) is 2.87. The molecule has 0 aliphatic heterocycles.